The van der Waals surface area contributed by atoms with Crippen molar-refractivity contribution in [1.29, 1.82) is 0 Å². The predicted octanol–water partition coefficient (Wildman–Crippen LogP) is 3.14. The van der Waals surface area contributed by atoms with E-state index in [-0.39, 0.29) is 18.2 Å². The Kier molecular flexibility index (Phi) is 6.17. The lowest BCUT2D eigenvalue weighted by molar-refractivity contribution is -0.131. The number of fused-ring (bicyclic) bond motifs is 3. The van der Waals surface area contributed by atoms with E-state index in [4.69, 9.17) is 0 Å². The zero-order chi connectivity index (χ0) is 24.0. The van der Waals surface area contributed by atoms with Crippen molar-refractivity contribution in [2.24, 2.45) is 29.1 Å². The van der Waals surface area contributed by atoms with Gasteiger partial charge in [-0.25, -0.2) is 4.98 Å². The molecule has 3 heterocycles. The van der Waals surface area contributed by atoms with Crippen LogP contribution < -0.4 is 10.6 Å². The minimum absolute atomic E-state index is 0.0676. The molecule has 2 aromatic heterocycles. The first-order chi connectivity index (χ1) is 16.2. The van der Waals surface area contributed by atoms with E-state index in [0.717, 1.165) is 32.1 Å². The Bertz CT molecular complexity index is 1070. The van der Waals surface area contributed by atoms with Gasteiger partial charge in [0.05, 0.1) is 12.1 Å². The molecule has 7 heteroatoms. The van der Waals surface area contributed by atoms with Crippen LogP contribution in [-0.4, -0.2) is 58.3 Å². The van der Waals surface area contributed by atoms with Gasteiger partial charge in [0.1, 0.15) is 11.3 Å². The fraction of sp³-hybridized carbons (Fsp3) is 0.667. The summed E-state index contributed by atoms with van der Waals surface area (Å²) in [6.07, 6.45) is 5.92. The van der Waals surface area contributed by atoms with Crippen molar-refractivity contribution in [2.45, 2.75) is 59.4 Å². The van der Waals surface area contributed by atoms with Crippen molar-refractivity contribution in [3.63, 3.8) is 0 Å². The number of imidazole rings is 1. The Morgan fingerprint density at radius 1 is 1.26 bits per heavy atom. The molecule has 0 unspecified atom stereocenters. The number of pyridine rings is 1. The van der Waals surface area contributed by atoms with E-state index in [1.165, 1.54) is 19.3 Å². The SMILES string of the molecule is CC(C)[C@@H]1CN(C(=O)Cc2cn3c(C(=O)NC[C@@H]4CC[C@@H]5C[C@@H]4C5(C)C)cccc3n2)CCN1. The van der Waals surface area contributed by atoms with Gasteiger partial charge in [0, 0.05) is 38.4 Å². The molecule has 6 rings (SSSR count). The average Bonchev–Trinajstić information content (AvgIpc) is 3.25. The summed E-state index contributed by atoms with van der Waals surface area (Å²) in [5.74, 6) is 2.66. The zero-order valence-corrected chi connectivity index (χ0v) is 21.0. The molecule has 4 atom stereocenters. The highest BCUT2D eigenvalue weighted by Gasteiger charge is 2.53. The normalized spacial score (nSPS) is 28.1. The lowest BCUT2D eigenvalue weighted by Crippen LogP contribution is -2.54. The van der Waals surface area contributed by atoms with Gasteiger partial charge in [0.15, 0.2) is 0 Å². The maximum absolute atomic E-state index is 13.1. The minimum Gasteiger partial charge on any atom is -0.350 e. The Morgan fingerprint density at radius 3 is 2.82 bits per heavy atom. The van der Waals surface area contributed by atoms with E-state index in [1.54, 1.807) is 0 Å². The van der Waals surface area contributed by atoms with Gasteiger partial charge >= 0.3 is 0 Å². The summed E-state index contributed by atoms with van der Waals surface area (Å²) in [7, 11) is 0. The van der Waals surface area contributed by atoms with Crippen LogP contribution in [-0.2, 0) is 11.2 Å². The molecular formula is C27H39N5O2. The van der Waals surface area contributed by atoms with Gasteiger partial charge in [-0.05, 0) is 60.5 Å². The van der Waals surface area contributed by atoms with E-state index < -0.39 is 0 Å². The number of rotatable bonds is 6. The molecule has 4 fully saturated rings. The van der Waals surface area contributed by atoms with Gasteiger partial charge < -0.3 is 15.5 Å². The Labute approximate surface area is 202 Å². The average molecular weight is 466 g/mol. The number of carbonyl (C=O) groups is 2. The number of amides is 2. The minimum atomic E-state index is -0.0676. The lowest BCUT2D eigenvalue weighted by Gasteiger charge is -2.60. The Hall–Kier alpha value is -2.41. The summed E-state index contributed by atoms with van der Waals surface area (Å²) in [4.78, 5) is 32.7. The van der Waals surface area contributed by atoms with Crippen molar-refractivity contribution >= 4 is 17.5 Å². The maximum Gasteiger partial charge on any atom is 0.268 e. The van der Waals surface area contributed by atoms with Crippen molar-refractivity contribution in [2.75, 3.05) is 26.2 Å². The van der Waals surface area contributed by atoms with Gasteiger partial charge in [0.2, 0.25) is 5.91 Å². The molecule has 0 aromatic carbocycles. The predicted molar refractivity (Wildman–Crippen MR) is 133 cm³/mol. The fourth-order valence-electron chi connectivity index (χ4n) is 6.57. The van der Waals surface area contributed by atoms with Gasteiger partial charge in [-0.2, -0.15) is 0 Å². The first-order valence-corrected chi connectivity index (χ1v) is 13.0. The molecule has 0 radical (unpaired) electrons. The topological polar surface area (TPSA) is 78.7 Å². The summed E-state index contributed by atoms with van der Waals surface area (Å²) < 4.78 is 1.83. The van der Waals surface area contributed by atoms with E-state index in [2.05, 4.69) is 43.3 Å². The smallest absolute Gasteiger partial charge is 0.268 e. The van der Waals surface area contributed by atoms with Gasteiger partial charge in [-0.3, -0.25) is 14.0 Å². The molecule has 2 aromatic rings. The number of hydrogen-bond donors (Lipinski definition) is 2. The van der Waals surface area contributed by atoms with Crippen LogP contribution in [0.15, 0.2) is 24.4 Å². The summed E-state index contributed by atoms with van der Waals surface area (Å²) in [6.45, 7) is 12.1. The molecule has 4 aliphatic rings. The Balaban J connectivity index is 1.24. The van der Waals surface area contributed by atoms with Crippen LogP contribution in [0.1, 0.15) is 63.1 Å². The highest BCUT2D eigenvalue weighted by Crippen LogP contribution is 2.61. The van der Waals surface area contributed by atoms with E-state index in [9.17, 15) is 9.59 Å². The lowest BCUT2D eigenvalue weighted by atomic mass is 9.45. The van der Waals surface area contributed by atoms with E-state index in [0.29, 0.717) is 46.2 Å². The summed E-state index contributed by atoms with van der Waals surface area (Å²) >= 11 is 0. The molecule has 1 saturated heterocycles. The quantitative estimate of drug-likeness (QED) is 0.687. The largest absolute Gasteiger partial charge is 0.350 e. The molecule has 2 amide bonds. The molecule has 7 nitrogen and oxygen atoms in total. The van der Waals surface area contributed by atoms with Crippen molar-refractivity contribution in [1.82, 2.24) is 24.9 Å². The van der Waals surface area contributed by atoms with Crippen molar-refractivity contribution < 1.29 is 9.59 Å². The third-order valence-corrected chi connectivity index (χ3v) is 9.00. The first kappa shape index (κ1) is 23.3. The number of hydrogen-bond acceptors (Lipinski definition) is 4. The molecule has 3 aliphatic carbocycles. The van der Waals surface area contributed by atoms with Gasteiger partial charge in [0.25, 0.3) is 5.91 Å². The molecule has 34 heavy (non-hydrogen) atoms. The summed E-state index contributed by atoms with van der Waals surface area (Å²) in [6, 6.07) is 5.92. The third kappa shape index (κ3) is 4.23. The number of aromatic nitrogens is 2. The highest BCUT2D eigenvalue weighted by atomic mass is 16.2. The Morgan fingerprint density at radius 2 is 2.09 bits per heavy atom. The molecule has 3 saturated carbocycles. The standard InChI is InChI=1S/C27H39N5O2/c1-17(2)22-16-31(11-10-28-22)25(33)13-20-15-32-23(6-5-7-24(32)30-20)26(34)29-14-18-8-9-19-12-21(18)27(19,3)4/h5-7,15,17-19,21-22,28H,8-14,16H2,1-4H3,(H,29,34)/t18-,19+,21-,22-/m0/s1. The van der Waals surface area contributed by atoms with E-state index in [1.807, 2.05) is 33.7 Å². The van der Waals surface area contributed by atoms with Crippen LogP contribution in [0.25, 0.3) is 5.65 Å². The molecule has 184 valence electrons. The van der Waals surface area contributed by atoms with Crippen LogP contribution in [0.3, 0.4) is 0 Å². The summed E-state index contributed by atoms with van der Waals surface area (Å²) in [5, 5.41) is 6.70. The second-order valence-corrected chi connectivity index (χ2v) is 11.6. The van der Waals surface area contributed by atoms with Crippen molar-refractivity contribution in [3.05, 3.63) is 35.8 Å². The van der Waals surface area contributed by atoms with Crippen molar-refractivity contribution in [3.8, 4) is 0 Å². The van der Waals surface area contributed by atoms with Crippen LogP contribution in [0.2, 0.25) is 0 Å². The maximum atomic E-state index is 13.1. The summed E-state index contributed by atoms with van der Waals surface area (Å²) in [5.41, 5.74) is 2.40. The second-order valence-electron chi connectivity index (χ2n) is 11.6. The van der Waals surface area contributed by atoms with Crippen LogP contribution in [0, 0.1) is 29.1 Å². The fourth-order valence-corrected chi connectivity index (χ4v) is 6.57. The van der Waals surface area contributed by atoms with Gasteiger partial charge in [-0.1, -0.05) is 33.8 Å². The number of nitrogens with one attached hydrogen (secondary N) is 2. The van der Waals surface area contributed by atoms with Crippen LogP contribution in [0.4, 0.5) is 0 Å². The molecule has 2 bridgehead atoms. The second kappa shape index (κ2) is 8.99. The molecule has 1 aliphatic heterocycles. The third-order valence-electron chi connectivity index (χ3n) is 9.00. The monoisotopic (exact) mass is 465 g/mol. The van der Waals surface area contributed by atoms with Gasteiger partial charge in [-0.15, -0.1) is 0 Å². The molecular weight excluding hydrogens is 426 g/mol. The molecule has 2 N–H and O–H groups in total. The van der Waals surface area contributed by atoms with E-state index >= 15 is 0 Å². The van der Waals surface area contributed by atoms with Crippen LogP contribution in [0.5, 0.6) is 0 Å². The molecule has 0 spiro atoms. The number of carbonyl (C=O) groups excluding carboxylic acids is 2. The number of piperazine rings is 1. The first-order valence-electron chi connectivity index (χ1n) is 13.0. The van der Waals surface area contributed by atoms with Crippen LogP contribution >= 0.6 is 0 Å². The number of nitrogens with zero attached hydrogens (tertiary/aromatic N) is 3. The zero-order valence-electron chi connectivity index (χ0n) is 21.0. The highest BCUT2D eigenvalue weighted by molar-refractivity contribution is 5.93.